The van der Waals surface area contributed by atoms with Crippen molar-refractivity contribution < 1.29 is 5.11 Å². The molecule has 3 heteroatoms. The molecule has 1 aliphatic heterocycles. The maximum absolute atomic E-state index is 10.8. The van der Waals surface area contributed by atoms with E-state index in [9.17, 15) is 5.11 Å². The predicted molar refractivity (Wildman–Crippen MR) is 130 cm³/mol. The van der Waals surface area contributed by atoms with E-state index in [0.29, 0.717) is 13.0 Å². The topological polar surface area (TPSA) is 26.7 Å². The second kappa shape index (κ2) is 12.1. The monoisotopic (exact) mass is 410 g/mol. The highest BCUT2D eigenvalue weighted by atomic mass is 16.3. The summed E-state index contributed by atoms with van der Waals surface area (Å²) in [5, 5.41) is 10.8. The van der Waals surface area contributed by atoms with E-state index >= 15 is 0 Å². The minimum atomic E-state index is -0.695. The molecule has 2 aromatic carbocycles. The molecule has 1 aliphatic rings. The summed E-state index contributed by atoms with van der Waals surface area (Å²) in [5.41, 5.74) is 3.26. The van der Waals surface area contributed by atoms with Crippen molar-refractivity contribution in [2.75, 3.05) is 38.1 Å². The second-order valence-corrected chi connectivity index (χ2v) is 8.87. The van der Waals surface area contributed by atoms with E-state index in [2.05, 4.69) is 78.4 Å². The highest BCUT2D eigenvalue weighted by Gasteiger charge is 2.24. The summed E-state index contributed by atoms with van der Waals surface area (Å²) in [4.78, 5) is 4.72. The quantitative estimate of drug-likeness (QED) is 0.598. The van der Waals surface area contributed by atoms with Crippen LogP contribution in [-0.2, 0) is 12.8 Å². The molecule has 166 valence electrons. The van der Waals surface area contributed by atoms with E-state index in [1.165, 1.54) is 29.7 Å². The van der Waals surface area contributed by atoms with Crippen molar-refractivity contribution in [2.45, 2.75) is 59.0 Å². The zero-order valence-corrected chi connectivity index (χ0v) is 19.8. The largest absolute Gasteiger partial charge is 0.388 e. The summed E-state index contributed by atoms with van der Waals surface area (Å²) in [5.74, 6) is 0.733. The van der Waals surface area contributed by atoms with Crippen molar-refractivity contribution in [1.82, 2.24) is 4.90 Å². The molecule has 30 heavy (non-hydrogen) atoms. The molecule has 0 radical (unpaired) electrons. The minimum absolute atomic E-state index is 0.692. The molecule has 0 aliphatic carbocycles. The first kappa shape index (κ1) is 24.4. The summed E-state index contributed by atoms with van der Waals surface area (Å²) in [6.07, 6.45) is 4.24. The lowest BCUT2D eigenvalue weighted by Gasteiger charge is -2.29. The Morgan fingerprint density at radius 3 is 2.33 bits per heavy atom. The minimum Gasteiger partial charge on any atom is -0.388 e. The second-order valence-electron chi connectivity index (χ2n) is 8.87. The average molecular weight is 411 g/mol. The van der Waals surface area contributed by atoms with Crippen molar-refractivity contribution in [1.29, 1.82) is 0 Å². The van der Waals surface area contributed by atoms with Gasteiger partial charge in [0.05, 0.1) is 5.60 Å². The highest BCUT2D eigenvalue weighted by molar-refractivity contribution is 5.48. The number of anilines is 1. The Morgan fingerprint density at radius 1 is 1.03 bits per heavy atom. The molecule has 2 aromatic rings. The van der Waals surface area contributed by atoms with Gasteiger partial charge in [-0.1, -0.05) is 63.2 Å². The summed E-state index contributed by atoms with van der Waals surface area (Å²) < 4.78 is 0. The summed E-state index contributed by atoms with van der Waals surface area (Å²) in [6.45, 7) is 12.1. The first-order chi connectivity index (χ1) is 14.4. The molecule has 1 N–H and O–H groups in total. The Balaban J connectivity index is 0.00000155. The molecule has 0 spiro atoms. The first-order valence-electron chi connectivity index (χ1n) is 11.7. The van der Waals surface area contributed by atoms with Crippen LogP contribution in [0.3, 0.4) is 0 Å². The van der Waals surface area contributed by atoms with Gasteiger partial charge in [-0.15, -0.1) is 0 Å². The van der Waals surface area contributed by atoms with E-state index in [0.717, 1.165) is 32.0 Å². The van der Waals surface area contributed by atoms with Gasteiger partial charge in [0.2, 0.25) is 0 Å². The molecule has 2 unspecified atom stereocenters. The van der Waals surface area contributed by atoms with Crippen LogP contribution < -0.4 is 4.90 Å². The number of hydrogen-bond donors (Lipinski definition) is 1. The van der Waals surface area contributed by atoms with Crippen LogP contribution >= 0.6 is 0 Å². The number of benzene rings is 2. The summed E-state index contributed by atoms with van der Waals surface area (Å²) >= 11 is 0. The van der Waals surface area contributed by atoms with E-state index < -0.39 is 5.60 Å². The Bertz CT molecular complexity index is 711. The smallest absolute Gasteiger partial charge is 0.0786 e. The van der Waals surface area contributed by atoms with Crippen LogP contribution in [0, 0.1) is 5.92 Å². The molecule has 3 nitrogen and oxygen atoms in total. The molecule has 1 fully saturated rings. The van der Waals surface area contributed by atoms with Gasteiger partial charge in [0.15, 0.2) is 0 Å². The molecule has 0 aromatic heterocycles. The van der Waals surface area contributed by atoms with Crippen LogP contribution in [0.5, 0.6) is 0 Å². The van der Waals surface area contributed by atoms with Crippen LogP contribution in [0.1, 0.15) is 51.7 Å². The van der Waals surface area contributed by atoms with E-state index in [1.54, 1.807) is 0 Å². The third-order valence-electron chi connectivity index (χ3n) is 5.76. The third kappa shape index (κ3) is 7.77. The van der Waals surface area contributed by atoms with Crippen molar-refractivity contribution in [3.05, 3.63) is 65.7 Å². The fourth-order valence-electron chi connectivity index (χ4n) is 4.54. The Morgan fingerprint density at radius 2 is 1.70 bits per heavy atom. The molecule has 0 amide bonds. The van der Waals surface area contributed by atoms with Crippen molar-refractivity contribution in [2.24, 2.45) is 5.92 Å². The lowest BCUT2D eigenvalue weighted by molar-refractivity contribution is 0.0275. The highest BCUT2D eigenvalue weighted by Crippen LogP contribution is 2.27. The number of rotatable bonds is 9. The molecule has 1 saturated heterocycles. The maximum atomic E-state index is 10.8. The lowest BCUT2D eigenvalue weighted by atomic mass is 9.95. The van der Waals surface area contributed by atoms with Crippen LogP contribution in [-0.4, -0.2) is 48.8 Å². The lowest BCUT2D eigenvalue weighted by Crippen LogP contribution is -2.41. The normalized spacial score (nSPS) is 18.1. The van der Waals surface area contributed by atoms with Gasteiger partial charge in [0.25, 0.3) is 0 Å². The van der Waals surface area contributed by atoms with Gasteiger partial charge in [0.1, 0.15) is 0 Å². The van der Waals surface area contributed by atoms with Gasteiger partial charge < -0.3 is 14.9 Å². The Hall–Kier alpha value is -1.84. The Labute approximate surface area is 184 Å². The van der Waals surface area contributed by atoms with Crippen LogP contribution in [0.25, 0.3) is 0 Å². The van der Waals surface area contributed by atoms with Crippen molar-refractivity contribution in [3.63, 3.8) is 0 Å². The number of nitrogens with zero attached hydrogens (tertiary/aromatic N) is 2. The van der Waals surface area contributed by atoms with Gasteiger partial charge in [-0.2, -0.15) is 0 Å². The zero-order valence-electron chi connectivity index (χ0n) is 19.8. The Kier molecular flexibility index (Phi) is 9.87. The van der Waals surface area contributed by atoms with E-state index in [-0.39, 0.29) is 0 Å². The van der Waals surface area contributed by atoms with E-state index in [1.807, 2.05) is 20.8 Å². The number of hydrogen-bond acceptors (Lipinski definition) is 3. The number of aliphatic hydroxyl groups is 1. The van der Waals surface area contributed by atoms with Crippen molar-refractivity contribution >= 4 is 5.69 Å². The maximum Gasteiger partial charge on any atom is 0.0786 e. The summed E-state index contributed by atoms with van der Waals surface area (Å²) in [7, 11) is 2.08. The summed E-state index contributed by atoms with van der Waals surface area (Å²) in [6, 6.07) is 19.7. The van der Waals surface area contributed by atoms with Gasteiger partial charge in [-0.3, -0.25) is 0 Å². The van der Waals surface area contributed by atoms with Gasteiger partial charge in [-0.05, 0) is 69.0 Å². The van der Waals surface area contributed by atoms with Crippen LogP contribution in [0.15, 0.2) is 54.6 Å². The van der Waals surface area contributed by atoms with Crippen molar-refractivity contribution in [3.8, 4) is 0 Å². The first-order valence-corrected chi connectivity index (χ1v) is 11.7. The standard InChI is InChI=1S/C25H36N2O.C2H6/c1-4-15-26(3)20-25(2,28)18-22-10-12-24(13-11-22)27-16-14-23(19-27)17-21-8-6-5-7-9-21;1-2/h5-13,23,28H,4,14-20H2,1-3H3;1-2H3. The fourth-order valence-corrected chi connectivity index (χ4v) is 4.54. The third-order valence-corrected chi connectivity index (χ3v) is 5.76. The molecule has 1 heterocycles. The van der Waals surface area contributed by atoms with Crippen LogP contribution in [0.4, 0.5) is 5.69 Å². The zero-order chi connectivity index (χ0) is 22.0. The SMILES string of the molecule is CC.CCCN(C)CC(C)(O)Cc1ccc(N2CCC(Cc3ccccc3)C2)cc1. The molecule has 0 saturated carbocycles. The number of likely N-dealkylation sites (N-methyl/N-ethyl adjacent to an activating group) is 1. The average Bonchev–Trinajstić information content (AvgIpc) is 3.18. The molecule has 2 atom stereocenters. The van der Waals surface area contributed by atoms with Gasteiger partial charge in [-0.25, -0.2) is 0 Å². The fraction of sp³-hybridized carbons (Fsp3) is 0.556. The van der Waals surface area contributed by atoms with Crippen LogP contribution in [0.2, 0.25) is 0 Å². The van der Waals surface area contributed by atoms with Gasteiger partial charge >= 0.3 is 0 Å². The predicted octanol–water partition coefficient (Wildman–Crippen LogP) is 5.42. The molecular weight excluding hydrogens is 368 g/mol. The van der Waals surface area contributed by atoms with Gasteiger partial charge in [0, 0.05) is 31.7 Å². The molecule has 0 bridgehead atoms. The molecule has 3 rings (SSSR count). The molecular formula is C27H42N2O. The van der Waals surface area contributed by atoms with E-state index in [4.69, 9.17) is 0 Å².